The zero-order valence-electron chi connectivity index (χ0n) is 9.95. The van der Waals surface area contributed by atoms with Crippen molar-refractivity contribution in [3.63, 3.8) is 0 Å². The summed E-state index contributed by atoms with van der Waals surface area (Å²) in [5, 5.41) is 10.1. The summed E-state index contributed by atoms with van der Waals surface area (Å²) < 4.78 is 0. The van der Waals surface area contributed by atoms with E-state index in [1.54, 1.807) is 11.3 Å². The van der Waals surface area contributed by atoms with Crippen LogP contribution in [-0.4, -0.2) is 23.7 Å². The number of aryl methyl sites for hydroxylation is 1. The van der Waals surface area contributed by atoms with Gasteiger partial charge in [-0.15, -0.1) is 0 Å². The van der Waals surface area contributed by atoms with Crippen molar-refractivity contribution in [1.82, 2.24) is 4.98 Å². The molecule has 0 aliphatic heterocycles. The summed E-state index contributed by atoms with van der Waals surface area (Å²) in [7, 11) is 2.06. The molecule has 1 N–H and O–H groups in total. The van der Waals surface area contributed by atoms with Crippen molar-refractivity contribution in [3.8, 4) is 0 Å². The van der Waals surface area contributed by atoms with Crippen LogP contribution in [-0.2, 0) is 6.61 Å². The quantitative estimate of drug-likeness (QED) is 0.841. The third-order valence-electron chi connectivity index (χ3n) is 2.39. The predicted octanol–water partition coefficient (Wildman–Crippen LogP) is 2.43. The van der Waals surface area contributed by atoms with Crippen LogP contribution in [0.15, 0.2) is 0 Å². The molecule has 0 radical (unpaired) electrons. The fourth-order valence-corrected chi connectivity index (χ4v) is 2.18. The summed E-state index contributed by atoms with van der Waals surface area (Å²) in [5.41, 5.74) is 0.953. The van der Waals surface area contributed by atoms with Crippen LogP contribution in [0, 0.1) is 12.8 Å². The van der Waals surface area contributed by atoms with E-state index in [9.17, 15) is 0 Å². The van der Waals surface area contributed by atoms with Gasteiger partial charge in [0.05, 0.1) is 17.2 Å². The van der Waals surface area contributed by atoms with Gasteiger partial charge in [-0.05, 0) is 19.3 Å². The Morgan fingerprint density at radius 2 is 2.13 bits per heavy atom. The summed E-state index contributed by atoms with van der Waals surface area (Å²) in [5.74, 6) is 0.714. The number of nitrogens with zero attached hydrogens (tertiary/aromatic N) is 2. The van der Waals surface area contributed by atoms with Crippen LogP contribution >= 0.6 is 11.3 Å². The lowest BCUT2D eigenvalue weighted by atomic mass is 10.1. The second kappa shape index (κ2) is 5.47. The highest BCUT2D eigenvalue weighted by Gasteiger charge is 2.10. The zero-order chi connectivity index (χ0) is 11.4. The maximum absolute atomic E-state index is 9.08. The van der Waals surface area contributed by atoms with Crippen LogP contribution < -0.4 is 4.90 Å². The Hall–Kier alpha value is -0.610. The van der Waals surface area contributed by atoms with Gasteiger partial charge in [-0.25, -0.2) is 4.98 Å². The van der Waals surface area contributed by atoms with Crippen molar-refractivity contribution < 1.29 is 5.11 Å². The first-order valence-electron chi connectivity index (χ1n) is 5.33. The Morgan fingerprint density at radius 1 is 1.47 bits per heavy atom. The molecular formula is C11H20N2OS. The number of anilines is 1. The van der Waals surface area contributed by atoms with Gasteiger partial charge in [0.1, 0.15) is 0 Å². The van der Waals surface area contributed by atoms with Crippen molar-refractivity contribution in [2.24, 2.45) is 5.92 Å². The van der Waals surface area contributed by atoms with E-state index in [4.69, 9.17) is 5.11 Å². The molecule has 86 valence electrons. The van der Waals surface area contributed by atoms with Crippen molar-refractivity contribution in [1.29, 1.82) is 0 Å². The summed E-state index contributed by atoms with van der Waals surface area (Å²) in [6.07, 6.45) is 1.17. The summed E-state index contributed by atoms with van der Waals surface area (Å²) >= 11 is 1.58. The van der Waals surface area contributed by atoms with E-state index in [1.165, 1.54) is 6.42 Å². The smallest absolute Gasteiger partial charge is 0.185 e. The number of aliphatic hydroxyl groups is 1. The molecule has 15 heavy (non-hydrogen) atoms. The van der Waals surface area contributed by atoms with Crippen LogP contribution in [0.2, 0.25) is 0 Å². The number of hydrogen-bond acceptors (Lipinski definition) is 4. The molecule has 0 fully saturated rings. The average molecular weight is 228 g/mol. The Labute approximate surface area is 95.8 Å². The lowest BCUT2D eigenvalue weighted by molar-refractivity contribution is 0.284. The molecule has 0 spiro atoms. The highest BCUT2D eigenvalue weighted by molar-refractivity contribution is 7.15. The molecule has 3 nitrogen and oxygen atoms in total. The van der Waals surface area contributed by atoms with E-state index >= 15 is 0 Å². The molecule has 0 saturated carbocycles. The van der Waals surface area contributed by atoms with Gasteiger partial charge in [0.25, 0.3) is 0 Å². The standard InChI is InChI=1S/C11H20N2OS/c1-8(2)5-6-13(4)11-12-9(3)10(7-14)15-11/h8,14H,5-7H2,1-4H3. The molecule has 1 rings (SSSR count). The molecule has 0 aromatic carbocycles. The second-order valence-electron chi connectivity index (χ2n) is 4.27. The second-order valence-corrected chi connectivity index (χ2v) is 5.33. The minimum Gasteiger partial charge on any atom is -0.391 e. The normalized spacial score (nSPS) is 11.1. The number of aromatic nitrogens is 1. The maximum Gasteiger partial charge on any atom is 0.185 e. The first kappa shape index (κ1) is 12.5. The van der Waals surface area contributed by atoms with Crippen LogP contribution in [0.3, 0.4) is 0 Å². The van der Waals surface area contributed by atoms with Crippen LogP contribution in [0.4, 0.5) is 5.13 Å². The number of hydrogen-bond donors (Lipinski definition) is 1. The molecule has 0 aliphatic carbocycles. The van der Waals surface area contributed by atoms with Gasteiger partial charge in [-0.2, -0.15) is 0 Å². The number of rotatable bonds is 5. The third-order valence-corrected chi connectivity index (χ3v) is 3.65. The largest absolute Gasteiger partial charge is 0.391 e. The molecular weight excluding hydrogens is 208 g/mol. The van der Waals surface area contributed by atoms with Crippen LogP contribution in [0.25, 0.3) is 0 Å². The average Bonchev–Trinajstić information content (AvgIpc) is 2.56. The molecule has 0 atom stereocenters. The van der Waals surface area contributed by atoms with Crippen molar-refractivity contribution in [3.05, 3.63) is 10.6 Å². The van der Waals surface area contributed by atoms with E-state index in [0.717, 1.165) is 22.2 Å². The third kappa shape index (κ3) is 3.47. The molecule has 4 heteroatoms. The summed E-state index contributed by atoms with van der Waals surface area (Å²) in [4.78, 5) is 7.58. The Kier molecular flexibility index (Phi) is 4.54. The molecule has 0 amide bonds. The molecule has 0 saturated heterocycles. The predicted molar refractivity (Wildman–Crippen MR) is 65.5 cm³/mol. The molecule has 0 aliphatic rings. The van der Waals surface area contributed by atoms with Crippen LogP contribution in [0.1, 0.15) is 30.8 Å². The monoisotopic (exact) mass is 228 g/mol. The number of aliphatic hydroxyl groups excluding tert-OH is 1. The van der Waals surface area contributed by atoms with Crippen molar-refractivity contribution in [2.45, 2.75) is 33.8 Å². The van der Waals surface area contributed by atoms with Gasteiger partial charge < -0.3 is 10.0 Å². The van der Waals surface area contributed by atoms with Crippen LogP contribution in [0.5, 0.6) is 0 Å². The van der Waals surface area contributed by atoms with E-state index in [1.807, 2.05) is 6.92 Å². The van der Waals surface area contributed by atoms with E-state index in [2.05, 4.69) is 30.8 Å². The Bertz CT molecular complexity index is 310. The van der Waals surface area contributed by atoms with Gasteiger partial charge in [-0.3, -0.25) is 0 Å². The fraction of sp³-hybridized carbons (Fsp3) is 0.727. The Balaban J connectivity index is 2.61. The van der Waals surface area contributed by atoms with E-state index in [-0.39, 0.29) is 6.61 Å². The zero-order valence-corrected chi connectivity index (χ0v) is 10.8. The topological polar surface area (TPSA) is 36.4 Å². The SMILES string of the molecule is Cc1nc(N(C)CCC(C)C)sc1CO. The lowest BCUT2D eigenvalue weighted by Gasteiger charge is -2.16. The van der Waals surface area contributed by atoms with Gasteiger partial charge in [0, 0.05) is 13.6 Å². The first-order valence-corrected chi connectivity index (χ1v) is 6.14. The van der Waals surface area contributed by atoms with Gasteiger partial charge in [-0.1, -0.05) is 25.2 Å². The Morgan fingerprint density at radius 3 is 2.60 bits per heavy atom. The summed E-state index contributed by atoms with van der Waals surface area (Å²) in [6.45, 7) is 7.51. The minimum absolute atomic E-state index is 0.0987. The van der Waals surface area contributed by atoms with Crippen molar-refractivity contribution >= 4 is 16.5 Å². The minimum atomic E-state index is 0.0987. The molecule has 0 unspecified atom stereocenters. The van der Waals surface area contributed by atoms with E-state index in [0.29, 0.717) is 5.92 Å². The number of thiazole rings is 1. The summed E-state index contributed by atoms with van der Waals surface area (Å²) in [6, 6.07) is 0. The molecule has 0 bridgehead atoms. The van der Waals surface area contributed by atoms with Gasteiger partial charge in [0.2, 0.25) is 0 Å². The van der Waals surface area contributed by atoms with Crippen molar-refractivity contribution in [2.75, 3.05) is 18.5 Å². The van der Waals surface area contributed by atoms with Gasteiger partial charge in [0.15, 0.2) is 5.13 Å². The lowest BCUT2D eigenvalue weighted by Crippen LogP contribution is -2.19. The highest BCUT2D eigenvalue weighted by atomic mass is 32.1. The van der Waals surface area contributed by atoms with Gasteiger partial charge >= 0.3 is 0 Å². The molecule has 1 aromatic rings. The fourth-order valence-electron chi connectivity index (χ4n) is 1.27. The highest BCUT2D eigenvalue weighted by Crippen LogP contribution is 2.25. The maximum atomic E-state index is 9.08. The first-order chi connectivity index (χ1) is 7.04. The molecule has 1 aromatic heterocycles. The van der Waals surface area contributed by atoms with E-state index < -0.39 is 0 Å². The molecule has 1 heterocycles.